The first-order chi connectivity index (χ1) is 15.9. The van der Waals surface area contributed by atoms with Crippen molar-refractivity contribution in [2.45, 2.75) is 31.1 Å². The Hall–Kier alpha value is -3.41. The Balaban J connectivity index is 1.64. The Kier molecular flexibility index (Phi) is 6.36. The molecule has 0 unspecified atom stereocenters. The van der Waals surface area contributed by atoms with Gasteiger partial charge in [-0.2, -0.15) is 0 Å². The number of fused-ring (bicyclic) bond motifs is 1. The lowest BCUT2D eigenvalue weighted by molar-refractivity contribution is -0.109. The molecule has 2 aliphatic heterocycles. The first-order valence-corrected chi connectivity index (χ1v) is 10.2. The molecule has 2 aliphatic rings. The van der Waals surface area contributed by atoms with E-state index >= 15 is 0 Å². The van der Waals surface area contributed by atoms with Crippen LogP contribution in [0.5, 0.6) is 5.88 Å². The molecule has 0 aliphatic carbocycles. The van der Waals surface area contributed by atoms with Gasteiger partial charge in [0.2, 0.25) is 12.7 Å². The average molecular weight is 465 g/mol. The molecule has 9 nitrogen and oxygen atoms in total. The van der Waals surface area contributed by atoms with Crippen LogP contribution in [0.2, 0.25) is 0 Å². The number of aromatic nitrogens is 2. The number of nitrogens with two attached hydrogens (primary N) is 1. The summed E-state index contributed by atoms with van der Waals surface area (Å²) in [6, 6.07) is 3.50. The minimum absolute atomic E-state index is 0.0834. The lowest BCUT2D eigenvalue weighted by atomic mass is 9.73. The maximum Gasteiger partial charge on any atom is 0.283 e. The van der Waals surface area contributed by atoms with Gasteiger partial charge in [0.1, 0.15) is 29.8 Å². The molecule has 4 atom stereocenters. The molecule has 1 aromatic carbocycles. The van der Waals surface area contributed by atoms with Crippen LogP contribution in [0.15, 0.2) is 35.6 Å². The fourth-order valence-corrected chi connectivity index (χ4v) is 4.13. The van der Waals surface area contributed by atoms with Gasteiger partial charge in [0.05, 0.1) is 31.0 Å². The Labute approximate surface area is 187 Å². The van der Waals surface area contributed by atoms with Gasteiger partial charge in [0.25, 0.3) is 11.9 Å². The minimum atomic E-state index is -1.68. The number of aliphatic imine (C=N–C) groups is 1. The minimum Gasteiger partial charge on any atom is -0.462 e. The van der Waals surface area contributed by atoms with E-state index in [2.05, 4.69) is 25.0 Å². The predicted molar refractivity (Wildman–Crippen MR) is 111 cm³/mol. The highest BCUT2D eigenvalue weighted by molar-refractivity contribution is 6.02. The third kappa shape index (κ3) is 4.42. The molecule has 176 valence electrons. The summed E-state index contributed by atoms with van der Waals surface area (Å²) in [5.74, 6) is -2.09. The summed E-state index contributed by atoms with van der Waals surface area (Å²) in [4.78, 5) is 24.3. The topological polar surface area (TPSA) is 121 Å². The van der Waals surface area contributed by atoms with E-state index in [0.717, 1.165) is 18.5 Å². The second-order valence-electron chi connectivity index (χ2n) is 7.79. The van der Waals surface area contributed by atoms with Gasteiger partial charge >= 0.3 is 0 Å². The third-order valence-electron chi connectivity index (χ3n) is 5.73. The van der Waals surface area contributed by atoms with Crippen molar-refractivity contribution >= 4 is 17.6 Å². The highest BCUT2D eigenvalue weighted by Gasteiger charge is 2.52. The van der Waals surface area contributed by atoms with Crippen molar-refractivity contribution in [3.8, 4) is 5.88 Å². The summed E-state index contributed by atoms with van der Waals surface area (Å²) < 4.78 is 57.6. The molecule has 0 saturated carbocycles. The van der Waals surface area contributed by atoms with E-state index in [9.17, 15) is 18.0 Å². The van der Waals surface area contributed by atoms with Gasteiger partial charge in [-0.3, -0.25) is 4.79 Å². The standard InChI is InChI=1S/C21H22F3N5O4/c1-11-4-17-14(8-31-11)21(9-22,29-20(25)33-17)13-5-12(2-3-15(13)24)28-19(30)16-6-27-18(7-26-16)32-10-23/h2-3,5-7,11,14,17H,4,8-10H2,1H3,(H2,25,29)(H,28,30)/t11-,14-,17+,21+/m0/s1. The zero-order chi connectivity index (χ0) is 23.6. The van der Waals surface area contributed by atoms with Crippen LogP contribution in [0.25, 0.3) is 0 Å². The molecule has 4 rings (SSSR count). The number of ether oxygens (including phenoxy) is 3. The Morgan fingerprint density at radius 1 is 1.33 bits per heavy atom. The average Bonchev–Trinajstić information content (AvgIpc) is 2.80. The first kappa shape index (κ1) is 22.8. The number of nitrogens with zero attached hydrogens (tertiary/aromatic N) is 3. The van der Waals surface area contributed by atoms with E-state index in [-0.39, 0.29) is 41.6 Å². The summed E-state index contributed by atoms with van der Waals surface area (Å²) in [6.07, 6.45) is 2.00. The first-order valence-electron chi connectivity index (χ1n) is 10.2. The number of hydrogen-bond acceptors (Lipinski definition) is 8. The van der Waals surface area contributed by atoms with Crippen LogP contribution in [0, 0.1) is 11.7 Å². The van der Waals surface area contributed by atoms with Crippen LogP contribution in [0.3, 0.4) is 0 Å². The number of benzene rings is 1. The summed E-state index contributed by atoms with van der Waals surface area (Å²) in [5.41, 5.74) is 4.16. The molecule has 0 radical (unpaired) electrons. The van der Waals surface area contributed by atoms with Crippen molar-refractivity contribution in [2.24, 2.45) is 16.6 Å². The van der Waals surface area contributed by atoms with Gasteiger partial charge in [-0.1, -0.05) is 0 Å². The number of anilines is 1. The monoisotopic (exact) mass is 465 g/mol. The Morgan fingerprint density at radius 2 is 2.15 bits per heavy atom. The van der Waals surface area contributed by atoms with E-state index in [1.807, 2.05) is 6.92 Å². The fourth-order valence-electron chi connectivity index (χ4n) is 4.13. The summed E-state index contributed by atoms with van der Waals surface area (Å²) in [5, 5.41) is 2.56. The lowest BCUT2D eigenvalue weighted by Gasteiger charge is -2.46. The predicted octanol–water partition coefficient (Wildman–Crippen LogP) is 2.48. The number of nitrogens with one attached hydrogen (secondary N) is 1. The van der Waals surface area contributed by atoms with Crippen LogP contribution in [0.1, 0.15) is 29.4 Å². The van der Waals surface area contributed by atoms with E-state index < -0.39 is 42.8 Å². The molecule has 1 amide bonds. The summed E-state index contributed by atoms with van der Waals surface area (Å²) in [6.45, 7) is -0.176. The Bertz CT molecular complexity index is 1050. The van der Waals surface area contributed by atoms with Gasteiger partial charge in [-0.15, -0.1) is 0 Å². The number of halogens is 3. The molecule has 1 fully saturated rings. The zero-order valence-electron chi connectivity index (χ0n) is 17.6. The van der Waals surface area contributed by atoms with E-state index in [1.165, 1.54) is 12.1 Å². The smallest absolute Gasteiger partial charge is 0.283 e. The number of alkyl halides is 2. The van der Waals surface area contributed by atoms with Gasteiger partial charge in [0, 0.05) is 17.7 Å². The van der Waals surface area contributed by atoms with Gasteiger partial charge in [-0.05, 0) is 25.1 Å². The molecular weight excluding hydrogens is 443 g/mol. The molecule has 2 aromatic rings. The van der Waals surface area contributed by atoms with Crippen LogP contribution in [0.4, 0.5) is 18.9 Å². The van der Waals surface area contributed by atoms with Crippen molar-refractivity contribution in [2.75, 3.05) is 25.5 Å². The zero-order valence-corrected chi connectivity index (χ0v) is 17.6. The van der Waals surface area contributed by atoms with Crippen molar-refractivity contribution in [1.29, 1.82) is 0 Å². The van der Waals surface area contributed by atoms with Crippen molar-refractivity contribution in [3.05, 3.63) is 47.7 Å². The van der Waals surface area contributed by atoms with Crippen molar-refractivity contribution < 1.29 is 32.2 Å². The number of carbonyl (C=O) groups is 1. The second-order valence-corrected chi connectivity index (χ2v) is 7.79. The van der Waals surface area contributed by atoms with E-state index in [1.54, 1.807) is 0 Å². The van der Waals surface area contributed by atoms with Crippen LogP contribution < -0.4 is 15.8 Å². The molecule has 3 heterocycles. The second kappa shape index (κ2) is 9.22. The SMILES string of the molecule is C[C@H]1C[C@H]2OC(N)=N[C@](CF)(c3cc(NC(=O)c4cnc(OCF)cn4)ccc3F)[C@H]2CO1. The molecule has 1 saturated heterocycles. The van der Waals surface area contributed by atoms with Gasteiger partial charge in [-0.25, -0.2) is 28.1 Å². The maximum atomic E-state index is 15.0. The molecule has 0 spiro atoms. The number of hydrogen-bond donors (Lipinski definition) is 2. The molecule has 3 N–H and O–H groups in total. The van der Waals surface area contributed by atoms with Crippen LogP contribution >= 0.6 is 0 Å². The van der Waals surface area contributed by atoms with Gasteiger partial charge in [0.15, 0.2) is 0 Å². The van der Waals surface area contributed by atoms with Gasteiger partial charge < -0.3 is 25.3 Å². The van der Waals surface area contributed by atoms with Crippen LogP contribution in [-0.4, -0.2) is 54.2 Å². The third-order valence-corrected chi connectivity index (χ3v) is 5.73. The van der Waals surface area contributed by atoms with E-state index in [4.69, 9.17) is 15.2 Å². The normalized spacial score (nSPS) is 26.5. The van der Waals surface area contributed by atoms with Crippen molar-refractivity contribution in [1.82, 2.24) is 9.97 Å². The molecule has 0 bridgehead atoms. The Morgan fingerprint density at radius 3 is 2.85 bits per heavy atom. The quantitative estimate of drug-likeness (QED) is 0.672. The van der Waals surface area contributed by atoms with Crippen LogP contribution in [-0.2, 0) is 15.0 Å². The fraction of sp³-hybridized carbons (Fsp3) is 0.429. The molecule has 12 heteroatoms. The number of amides is 1. The largest absolute Gasteiger partial charge is 0.462 e. The van der Waals surface area contributed by atoms with E-state index in [0.29, 0.717) is 6.42 Å². The maximum absolute atomic E-state index is 15.0. The summed E-state index contributed by atoms with van der Waals surface area (Å²) in [7, 11) is 0. The number of rotatable bonds is 6. The van der Waals surface area contributed by atoms with Crippen molar-refractivity contribution in [3.63, 3.8) is 0 Å². The highest BCUT2D eigenvalue weighted by Crippen LogP contribution is 2.45. The lowest BCUT2D eigenvalue weighted by Crippen LogP contribution is -2.55. The highest BCUT2D eigenvalue weighted by atomic mass is 19.1. The number of carbonyl (C=O) groups excluding carboxylic acids is 1. The molecular formula is C21H22F3N5O4. The molecule has 1 aromatic heterocycles. The number of amidine groups is 1. The molecule has 33 heavy (non-hydrogen) atoms. The summed E-state index contributed by atoms with van der Waals surface area (Å²) >= 11 is 0.